The molecule has 0 bridgehead atoms. The first-order valence-corrected chi connectivity index (χ1v) is 5.26. The van der Waals surface area contributed by atoms with Crippen LogP contribution in [0.15, 0.2) is 40.9 Å². The summed E-state index contributed by atoms with van der Waals surface area (Å²) in [6.07, 6.45) is 0.944. The zero-order valence-electron chi connectivity index (χ0n) is 9.10. The minimum Gasteiger partial charge on any atom is -0.361 e. The van der Waals surface area contributed by atoms with Gasteiger partial charge in [-0.05, 0) is 5.92 Å². The van der Waals surface area contributed by atoms with Gasteiger partial charge in [0.15, 0.2) is 0 Å². The summed E-state index contributed by atoms with van der Waals surface area (Å²) in [5, 5.41) is 4.06. The molecule has 0 amide bonds. The molecule has 2 rings (SSSR count). The standard InChI is InChI=1S/C13H15NO/c1-10(2)8-12-9-13(14-15-12)11-6-4-3-5-7-11/h3-7,9-10H,8H2,1-2H3. The van der Waals surface area contributed by atoms with E-state index in [1.54, 1.807) is 0 Å². The Balaban J connectivity index is 2.21. The van der Waals surface area contributed by atoms with Crippen LogP contribution in [0.5, 0.6) is 0 Å². The molecule has 0 spiro atoms. The minimum absolute atomic E-state index is 0.599. The number of hydrogen-bond acceptors (Lipinski definition) is 2. The van der Waals surface area contributed by atoms with E-state index >= 15 is 0 Å². The molecule has 1 aromatic carbocycles. The zero-order chi connectivity index (χ0) is 10.7. The molecule has 0 atom stereocenters. The van der Waals surface area contributed by atoms with Crippen LogP contribution in [0.1, 0.15) is 19.6 Å². The lowest BCUT2D eigenvalue weighted by atomic mass is 10.1. The lowest BCUT2D eigenvalue weighted by molar-refractivity contribution is 0.370. The molecule has 0 radical (unpaired) electrons. The van der Waals surface area contributed by atoms with Crippen LogP contribution in [0.4, 0.5) is 0 Å². The highest BCUT2D eigenvalue weighted by molar-refractivity contribution is 5.58. The first-order chi connectivity index (χ1) is 7.25. The van der Waals surface area contributed by atoms with Crippen LogP contribution < -0.4 is 0 Å². The van der Waals surface area contributed by atoms with Gasteiger partial charge in [0.2, 0.25) is 0 Å². The molecule has 0 aliphatic rings. The summed E-state index contributed by atoms with van der Waals surface area (Å²) in [6.45, 7) is 4.34. The van der Waals surface area contributed by atoms with Gasteiger partial charge in [0.1, 0.15) is 11.5 Å². The first kappa shape index (κ1) is 9.97. The fourth-order valence-electron chi connectivity index (χ4n) is 1.56. The Hall–Kier alpha value is -1.57. The van der Waals surface area contributed by atoms with Gasteiger partial charge in [-0.3, -0.25) is 0 Å². The van der Waals surface area contributed by atoms with Gasteiger partial charge in [0.25, 0.3) is 0 Å². The molecule has 1 heterocycles. The van der Waals surface area contributed by atoms with Crippen molar-refractivity contribution in [2.45, 2.75) is 20.3 Å². The number of hydrogen-bond donors (Lipinski definition) is 0. The van der Waals surface area contributed by atoms with Crippen molar-refractivity contribution < 1.29 is 4.52 Å². The largest absolute Gasteiger partial charge is 0.361 e. The molecule has 0 N–H and O–H groups in total. The van der Waals surface area contributed by atoms with Gasteiger partial charge < -0.3 is 4.52 Å². The maximum atomic E-state index is 5.28. The molecule has 0 unspecified atom stereocenters. The van der Waals surface area contributed by atoms with E-state index in [2.05, 4.69) is 19.0 Å². The van der Waals surface area contributed by atoms with Gasteiger partial charge in [-0.1, -0.05) is 49.3 Å². The van der Waals surface area contributed by atoms with Crippen molar-refractivity contribution >= 4 is 0 Å². The van der Waals surface area contributed by atoms with Crippen molar-refractivity contribution in [3.63, 3.8) is 0 Å². The molecule has 15 heavy (non-hydrogen) atoms. The fraction of sp³-hybridized carbons (Fsp3) is 0.308. The second-order valence-electron chi connectivity index (χ2n) is 4.14. The molecule has 1 aromatic heterocycles. The summed E-state index contributed by atoms with van der Waals surface area (Å²) in [5.74, 6) is 1.56. The average molecular weight is 201 g/mol. The van der Waals surface area contributed by atoms with Crippen molar-refractivity contribution in [2.75, 3.05) is 0 Å². The number of nitrogens with zero attached hydrogens (tertiary/aromatic N) is 1. The molecule has 0 saturated heterocycles. The topological polar surface area (TPSA) is 26.0 Å². The third-order valence-corrected chi connectivity index (χ3v) is 2.24. The highest BCUT2D eigenvalue weighted by Crippen LogP contribution is 2.19. The van der Waals surface area contributed by atoms with Crippen LogP contribution in [0, 0.1) is 5.92 Å². The Morgan fingerprint density at radius 1 is 1.20 bits per heavy atom. The Bertz CT molecular complexity index is 417. The molecular weight excluding hydrogens is 186 g/mol. The smallest absolute Gasteiger partial charge is 0.137 e. The van der Waals surface area contributed by atoms with E-state index in [1.165, 1.54) is 0 Å². The number of benzene rings is 1. The van der Waals surface area contributed by atoms with E-state index in [9.17, 15) is 0 Å². The number of rotatable bonds is 3. The quantitative estimate of drug-likeness (QED) is 0.759. The molecule has 2 nitrogen and oxygen atoms in total. The molecule has 0 fully saturated rings. The molecular formula is C13H15NO. The van der Waals surface area contributed by atoms with Crippen LogP contribution in [0.3, 0.4) is 0 Å². The Morgan fingerprint density at radius 2 is 1.93 bits per heavy atom. The highest BCUT2D eigenvalue weighted by atomic mass is 16.5. The normalized spacial score (nSPS) is 10.9. The summed E-state index contributed by atoms with van der Waals surface area (Å²) < 4.78 is 5.28. The Labute approximate surface area is 89.9 Å². The predicted octanol–water partition coefficient (Wildman–Crippen LogP) is 3.54. The minimum atomic E-state index is 0.599. The van der Waals surface area contributed by atoms with Crippen molar-refractivity contribution in [3.05, 3.63) is 42.2 Å². The number of aromatic nitrogens is 1. The summed E-state index contributed by atoms with van der Waals surface area (Å²) in [5.41, 5.74) is 2.03. The van der Waals surface area contributed by atoms with Crippen LogP contribution in [0.25, 0.3) is 11.3 Å². The van der Waals surface area contributed by atoms with E-state index < -0.39 is 0 Å². The maximum absolute atomic E-state index is 5.28. The van der Waals surface area contributed by atoms with Crippen molar-refractivity contribution in [2.24, 2.45) is 5.92 Å². The fourth-order valence-corrected chi connectivity index (χ4v) is 1.56. The molecule has 0 saturated carbocycles. The molecule has 0 aliphatic heterocycles. The lowest BCUT2D eigenvalue weighted by Gasteiger charge is -1.97. The van der Waals surface area contributed by atoms with Gasteiger partial charge >= 0.3 is 0 Å². The predicted molar refractivity (Wildman–Crippen MR) is 60.5 cm³/mol. The molecule has 2 heteroatoms. The molecule has 78 valence electrons. The monoisotopic (exact) mass is 201 g/mol. The second-order valence-corrected chi connectivity index (χ2v) is 4.14. The van der Waals surface area contributed by atoms with Crippen molar-refractivity contribution in [1.82, 2.24) is 5.16 Å². The summed E-state index contributed by atoms with van der Waals surface area (Å²) in [4.78, 5) is 0. The Kier molecular flexibility index (Phi) is 2.86. The Morgan fingerprint density at radius 3 is 2.60 bits per heavy atom. The van der Waals surface area contributed by atoms with E-state index in [1.807, 2.05) is 36.4 Å². The van der Waals surface area contributed by atoms with Gasteiger partial charge in [-0.15, -0.1) is 0 Å². The summed E-state index contributed by atoms with van der Waals surface area (Å²) in [6, 6.07) is 12.1. The van der Waals surface area contributed by atoms with E-state index in [4.69, 9.17) is 4.52 Å². The van der Waals surface area contributed by atoms with Crippen LogP contribution in [-0.4, -0.2) is 5.16 Å². The summed E-state index contributed by atoms with van der Waals surface area (Å²) >= 11 is 0. The first-order valence-electron chi connectivity index (χ1n) is 5.26. The highest BCUT2D eigenvalue weighted by Gasteiger charge is 2.07. The van der Waals surface area contributed by atoms with Crippen molar-refractivity contribution in [3.8, 4) is 11.3 Å². The maximum Gasteiger partial charge on any atom is 0.137 e. The van der Waals surface area contributed by atoms with Gasteiger partial charge in [-0.2, -0.15) is 0 Å². The van der Waals surface area contributed by atoms with Crippen LogP contribution in [0.2, 0.25) is 0 Å². The van der Waals surface area contributed by atoms with Crippen LogP contribution in [-0.2, 0) is 6.42 Å². The SMILES string of the molecule is CC(C)Cc1cc(-c2ccccc2)no1. The second kappa shape index (κ2) is 4.30. The molecule has 0 aliphatic carbocycles. The van der Waals surface area contributed by atoms with E-state index in [0.717, 1.165) is 23.4 Å². The lowest BCUT2D eigenvalue weighted by Crippen LogP contribution is -1.90. The molecule has 2 aromatic rings. The van der Waals surface area contributed by atoms with E-state index in [-0.39, 0.29) is 0 Å². The van der Waals surface area contributed by atoms with Crippen molar-refractivity contribution in [1.29, 1.82) is 0 Å². The third kappa shape index (κ3) is 2.46. The van der Waals surface area contributed by atoms with Gasteiger partial charge in [0, 0.05) is 18.1 Å². The zero-order valence-corrected chi connectivity index (χ0v) is 9.10. The third-order valence-electron chi connectivity index (χ3n) is 2.24. The van der Waals surface area contributed by atoms with Crippen LogP contribution >= 0.6 is 0 Å². The average Bonchev–Trinajstić information content (AvgIpc) is 2.67. The van der Waals surface area contributed by atoms with Gasteiger partial charge in [0.05, 0.1) is 0 Å². The van der Waals surface area contributed by atoms with E-state index in [0.29, 0.717) is 5.92 Å². The summed E-state index contributed by atoms with van der Waals surface area (Å²) in [7, 11) is 0. The van der Waals surface area contributed by atoms with Gasteiger partial charge in [-0.25, -0.2) is 0 Å².